The molecule has 118 valence electrons. The van der Waals surface area contributed by atoms with Gasteiger partial charge in [-0.25, -0.2) is 0 Å². The number of hydrogen-bond acceptors (Lipinski definition) is 3. The molecular formula is C17H19Cl2NO2. The molecule has 22 heavy (non-hydrogen) atoms. The van der Waals surface area contributed by atoms with Gasteiger partial charge in [-0.15, -0.1) is 0 Å². The fourth-order valence-corrected chi connectivity index (χ4v) is 2.71. The molecule has 5 heteroatoms. The highest BCUT2D eigenvalue weighted by molar-refractivity contribution is 6.35. The molecule has 0 heterocycles. The average Bonchev–Trinajstić information content (AvgIpc) is 2.53. The number of halogens is 2. The molecule has 2 aromatic rings. The van der Waals surface area contributed by atoms with E-state index in [-0.39, 0.29) is 0 Å². The number of benzene rings is 2. The molecule has 0 radical (unpaired) electrons. The van der Waals surface area contributed by atoms with E-state index in [2.05, 4.69) is 5.32 Å². The summed E-state index contributed by atoms with van der Waals surface area (Å²) in [6.45, 7) is 1.46. The van der Waals surface area contributed by atoms with Gasteiger partial charge in [-0.1, -0.05) is 35.3 Å². The van der Waals surface area contributed by atoms with Gasteiger partial charge in [-0.05, 0) is 42.8 Å². The molecule has 2 rings (SSSR count). The number of ether oxygens (including phenoxy) is 2. The molecule has 0 saturated carbocycles. The lowest BCUT2D eigenvalue weighted by Gasteiger charge is -2.11. The van der Waals surface area contributed by atoms with Crippen LogP contribution < -0.4 is 14.8 Å². The van der Waals surface area contributed by atoms with E-state index in [0.717, 1.165) is 30.0 Å². The van der Waals surface area contributed by atoms with Gasteiger partial charge in [0.1, 0.15) is 0 Å². The van der Waals surface area contributed by atoms with Crippen LogP contribution >= 0.6 is 23.2 Å². The van der Waals surface area contributed by atoms with E-state index in [1.807, 2.05) is 36.4 Å². The third-order valence-electron chi connectivity index (χ3n) is 3.40. The van der Waals surface area contributed by atoms with Crippen LogP contribution in [0.5, 0.6) is 11.5 Å². The van der Waals surface area contributed by atoms with E-state index >= 15 is 0 Å². The average molecular weight is 340 g/mol. The summed E-state index contributed by atoms with van der Waals surface area (Å²) in [6, 6.07) is 11.5. The molecule has 1 N–H and O–H groups in total. The van der Waals surface area contributed by atoms with Crippen molar-refractivity contribution in [3.05, 3.63) is 57.6 Å². The summed E-state index contributed by atoms with van der Waals surface area (Å²) in [6.07, 6.45) is 0.877. The van der Waals surface area contributed by atoms with Crippen LogP contribution in [0.4, 0.5) is 0 Å². The highest BCUT2D eigenvalue weighted by Gasteiger charge is 2.06. The van der Waals surface area contributed by atoms with Crippen LogP contribution in [0.3, 0.4) is 0 Å². The third kappa shape index (κ3) is 4.29. The predicted molar refractivity (Wildman–Crippen MR) is 91.4 cm³/mol. The standard InChI is InChI=1S/C17H19Cl2NO2/c1-21-16-7-6-12(10-17(16)22-2)8-9-20-11-13-14(18)4-3-5-15(13)19/h3-7,10,20H,8-9,11H2,1-2H3. The zero-order valence-corrected chi connectivity index (χ0v) is 14.2. The molecule has 0 unspecified atom stereocenters. The minimum Gasteiger partial charge on any atom is -0.493 e. The quantitative estimate of drug-likeness (QED) is 0.761. The first-order valence-electron chi connectivity index (χ1n) is 7.00. The van der Waals surface area contributed by atoms with Crippen molar-refractivity contribution in [2.45, 2.75) is 13.0 Å². The monoisotopic (exact) mass is 339 g/mol. The van der Waals surface area contributed by atoms with Gasteiger partial charge in [-0.2, -0.15) is 0 Å². The van der Waals surface area contributed by atoms with Crippen LogP contribution in [0.15, 0.2) is 36.4 Å². The largest absolute Gasteiger partial charge is 0.493 e. The Morgan fingerprint density at radius 3 is 2.27 bits per heavy atom. The minimum atomic E-state index is 0.645. The van der Waals surface area contributed by atoms with E-state index in [1.54, 1.807) is 14.2 Å². The molecule has 0 aliphatic carbocycles. The molecule has 0 fully saturated rings. The second-order valence-corrected chi connectivity index (χ2v) is 5.63. The van der Waals surface area contributed by atoms with Crippen molar-refractivity contribution in [1.82, 2.24) is 5.32 Å². The zero-order valence-electron chi connectivity index (χ0n) is 12.7. The third-order valence-corrected chi connectivity index (χ3v) is 4.11. The Bertz CT molecular complexity index is 612. The van der Waals surface area contributed by atoms with Crippen molar-refractivity contribution in [2.24, 2.45) is 0 Å². The fraction of sp³-hybridized carbons (Fsp3) is 0.294. The number of methoxy groups -OCH3 is 2. The van der Waals surface area contributed by atoms with Gasteiger partial charge >= 0.3 is 0 Å². The summed E-state index contributed by atoms with van der Waals surface area (Å²) >= 11 is 12.3. The first-order chi connectivity index (χ1) is 10.7. The molecular weight excluding hydrogens is 321 g/mol. The molecule has 0 bridgehead atoms. The van der Waals surface area contributed by atoms with Gasteiger partial charge in [-0.3, -0.25) is 0 Å². The molecule has 0 aliphatic rings. The van der Waals surface area contributed by atoms with Gasteiger partial charge in [0.25, 0.3) is 0 Å². The Morgan fingerprint density at radius 1 is 0.955 bits per heavy atom. The normalized spacial score (nSPS) is 10.5. The Balaban J connectivity index is 1.89. The second kappa shape index (κ2) is 8.28. The summed E-state index contributed by atoms with van der Waals surface area (Å²) in [7, 11) is 3.27. The lowest BCUT2D eigenvalue weighted by atomic mass is 10.1. The van der Waals surface area contributed by atoms with Gasteiger partial charge in [0.2, 0.25) is 0 Å². The van der Waals surface area contributed by atoms with Crippen LogP contribution in [-0.4, -0.2) is 20.8 Å². The maximum absolute atomic E-state index is 6.14. The maximum atomic E-state index is 6.14. The number of nitrogens with one attached hydrogen (secondary N) is 1. The van der Waals surface area contributed by atoms with E-state index in [9.17, 15) is 0 Å². The van der Waals surface area contributed by atoms with Crippen molar-refractivity contribution in [1.29, 1.82) is 0 Å². The zero-order chi connectivity index (χ0) is 15.9. The van der Waals surface area contributed by atoms with Crippen LogP contribution in [0.25, 0.3) is 0 Å². The highest BCUT2D eigenvalue weighted by atomic mass is 35.5. The molecule has 0 atom stereocenters. The SMILES string of the molecule is COc1ccc(CCNCc2c(Cl)cccc2Cl)cc1OC. The van der Waals surface area contributed by atoms with Gasteiger partial charge in [0.15, 0.2) is 11.5 Å². The molecule has 2 aromatic carbocycles. The predicted octanol–water partition coefficient (Wildman–Crippen LogP) is 4.34. The summed E-state index contributed by atoms with van der Waals surface area (Å²) in [5, 5.41) is 4.73. The smallest absolute Gasteiger partial charge is 0.160 e. The van der Waals surface area contributed by atoms with Crippen LogP contribution in [0.2, 0.25) is 10.0 Å². The van der Waals surface area contributed by atoms with E-state index in [4.69, 9.17) is 32.7 Å². The van der Waals surface area contributed by atoms with Crippen LogP contribution in [0, 0.1) is 0 Å². The first-order valence-corrected chi connectivity index (χ1v) is 7.75. The molecule has 0 amide bonds. The Labute approximate surface area is 141 Å². The van der Waals surface area contributed by atoms with Gasteiger partial charge < -0.3 is 14.8 Å². The lowest BCUT2D eigenvalue weighted by Crippen LogP contribution is -2.17. The van der Waals surface area contributed by atoms with Crippen LogP contribution in [0.1, 0.15) is 11.1 Å². The van der Waals surface area contributed by atoms with Gasteiger partial charge in [0.05, 0.1) is 14.2 Å². The Morgan fingerprint density at radius 2 is 1.64 bits per heavy atom. The van der Waals surface area contributed by atoms with E-state index in [1.165, 1.54) is 5.56 Å². The van der Waals surface area contributed by atoms with Crippen molar-refractivity contribution in [3.63, 3.8) is 0 Å². The summed E-state index contributed by atoms with van der Waals surface area (Å²) in [5.41, 5.74) is 2.11. The van der Waals surface area contributed by atoms with Crippen LogP contribution in [-0.2, 0) is 13.0 Å². The summed E-state index contributed by atoms with van der Waals surface area (Å²) in [5.74, 6) is 1.48. The second-order valence-electron chi connectivity index (χ2n) is 4.82. The maximum Gasteiger partial charge on any atom is 0.160 e. The topological polar surface area (TPSA) is 30.5 Å². The highest BCUT2D eigenvalue weighted by Crippen LogP contribution is 2.27. The number of rotatable bonds is 7. The molecule has 0 spiro atoms. The van der Waals surface area contributed by atoms with Gasteiger partial charge in [0, 0.05) is 22.2 Å². The minimum absolute atomic E-state index is 0.645. The molecule has 0 aliphatic heterocycles. The first kappa shape index (κ1) is 16.9. The number of hydrogen-bond donors (Lipinski definition) is 1. The Hall–Kier alpha value is -1.42. The summed E-state index contributed by atoms with van der Waals surface area (Å²) < 4.78 is 10.5. The molecule has 0 saturated heterocycles. The van der Waals surface area contributed by atoms with E-state index in [0.29, 0.717) is 16.6 Å². The molecule has 0 aromatic heterocycles. The summed E-state index contributed by atoms with van der Waals surface area (Å²) in [4.78, 5) is 0. The lowest BCUT2D eigenvalue weighted by molar-refractivity contribution is 0.354. The fourth-order valence-electron chi connectivity index (χ4n) is 2.18. The van der Waals surface area contributed by atoms with Crippen molar-refractivity contribution in [2.75, 3.05) is 20.8 Å². The van der Waals surface area contributed by atoms with Crippen molar-refractivity contribution in [3.8, 4) is 11.5 Å². The molecule has 3 nitrogen and oxygen atoms in total. The Kier molecular flexibility index (Phi) is 6.37. The van der Waals surface area contributed by atoms with E-state index < -0.39 is 0 Å². The van der Waals surface area contributed by atoms with Crippen molar-refractivity contribution < 1.29 is 9.47 Å². The van der Waals surface area contributed by atoms with Crippen molar-refractivity contribution >= 4 is 23.2 Å².